The predicted octanol–water partition coefficient (Wildman–Crippen LogP) is 2.93. The molecule has 0 aromatic heterocycles. The van der Waals surface area contributed by atoms with Crippen LogP contribution in [-0.2, 0) is 11.3 Å². The highest BCUT2D eigenvalue weighted by molar-refractivity contribution is 6.17. The van der Waals surface area contributed by atoms with Crippen molar-refractivity contribution in [3.05, 3.63) is 35.4 Å². The molecule has 3 nitrogen and oxygen atoms in total. The number of rotatable bonds is 6. The fourth-order valence-corrected chi connectivity index (χ4v) is 1.80. The van der Waals surface area contributed by atoms with Crippen LogP contribution in [0.25, 0.3) is 0 Å². The van der Waals surface area contributed by atoms with E-state index in [-0.39, 0.29) is 5.91 Å². The first-order chi connectivity index (χ1) is 8.67. The summed E-state index contributed by atoms with van der Waals surface area (Å²) < 4.78 is 0. The third-order valence-electron chi connectivity index (χ3n) is 2.70. The van der Waals surface area contributed by atoms with E-state index >= 15 is 0 Å². The van der Waals surface area contributed by atoms with Gasteiger partial charge in [-0.2, -0.15) is 5.26 Å². The van der Waals surface area contributed by atoms with Crippen molar-refractivity contribution in [2.24, 2.45) is 0 Å². The van der Waals surface area contributed by atoms with Crippen LogP contribution in [0, 0.1) is 11.3 Å². The van der Waals surface area contributed by atoms with Crippen LogP contribution in [0.5, 0.6) is 0 Å². The largest absolute Gasteiger partial charge is 0.341 e. The van der Waals surface area contributed by atoms with Gasteiger partial charge in [-0.15, -0.1) is 11.6 Å². The van der Waals surface area contributed by atoms with E-state index in [1.54, 1.807) is 24.1 Å². The topological polar surface area (TPSA) is 44.1 Å². The summed E-state index contributed by atoms with van der Waals surface area (Å²) in [4.78, 5) is 13.5. The SMILES string of the molecule is CN(Cc1ccc(C#N)cc1)C(=O)CCCCCl. The van der Waals surface area contributed by atoms with Gasteiger partial charge in [-0.1, -0.05) is 12.1 Å². The van der Waals surface area contributed by atoms with E-state index in [2.05, 4.69) is 6.07 Å². The maximum Gasteiger partial charge on any atom is 0.222 e. The van der Waals surface area contributed by atoms with Crippen LogP contribution in [0.2, 0.25) is 0 Å². The van der Waals surface area contributed by atoms with Gasteiger partial charge in [0.25, 0.3) is 0 Å². The van der Waals surface area contributed by atoms with Gasteiger partial charge in [0.15, 0.2) is 0 Å². The fraction of sp³-hybridized carbons (Fsp3) is 0.429. The quantitative estimate of drug-likeness (QED) is 0.586. The average molecular weight is 265 g/mol. The monoisotopic (exact) mass is 264 g/mol. The Hall–Kier alpha value is -1.53. The summed E-state index contributed by atoms with van der Waals surface area (Å²) in [6.07, 6.45) is 2.25. The Balaban J connectivity index is 2.45. The summed E-state index contributed by atoms with van der Waals surface area (Å²) in [6.45, 7) is 0.575. The zero-order valence-corrected chi connectivity index (χ0v) is 11.3. The molecule has 0 aliphatic rings. The lowest BCUT2D eigenvalue weighted by molar-refractivity contribution is -0.130. The molecule has 1 rings (SSSR count). The van der Waals surface area contributed by atoms with Crippen LogP contribution >= 0.6 is 11.6 Å². The standard InChI is InChI=1S/C14H17ClN2O/c1-17(14(18)4-2-3-9-15)11-13-7-5-12(10-16)6-8-13/h5-8H,2-4,9,11H2,1H3. The van der Waals surface area contributed by atoms with Crippen LogP contribution in [0.3, 0.4) is 0 Å². The smallest absolute Gasteiger partial charge is 0.222 e. The van der Waals surface area contributed by atoms with E-state index in [0.29, 0.717) is 24.4 Å². The average Bonchev–Trinajstić information content (AvgIpc) is 2.39. The van der Waals surface area contributed by atoms with Gasteiger partial charge in [0.1, 0.15) is 0 Å². The van der Waals surface area contributed by atoms with Crippen molar-refractivity contribution < 1.29 is 4.79 Å². The van der Waals surface area contributed by atoms with Crippen molar-refractivity contribution in [3.8, 4) is 6.07 Å². The van der Waals surface area contributed by atoms with Gasteiger partial charge in [0.05, 0.1) is 11.6 Å². The second-order valence-electron chi connectivity index (χ2n) is 4.20. The number of alkyl halides is 1. The third-order valence-corrected chi connectivity index (χ3v) is 2.97. The molecule has 0 aliphatic carbocycles. The van der Waals surface area contributed by atoms with Gasteiger partial charge in [-0.25, -0.2) is 0 Å². The highest BCUT2D eigenvalue weighted by atomic mass is 35.5. The van der Waals surface area contributed by atoms with E-state index < -0.39 is 0 Å². The van der Waals surface area contributed by atoms with Gasteiger partial charge in [-0.3, -0.25) is 4.79 Å². The molecule has 1 aromatic carbocycles. The summed E-state index contributed by atoms with van der Waals surface area (Å²) in [5, 5.41) is 8.69. The van der Waals surface area contributed by atoms with Crippen LogP contribution in [0.15, 0.2) is 24.3 Å². The van der Waals surface area contributed by atoms with Crippen molar-refractivity contribution >= 4 is 17.5 Å². The van der Waals surface area contributed by atoms with Crippen LogP contribution in [0.4, 0.5) is 0 Å². The molecule has 0 radical (unpaired) electrons. The first kappa shape index (κ1) is 14.5. The molecule has 0 saturated heterocycles. The van der Waals surface area contributed by atoms with Crippen LogP contribution in [0.1, 0.15) is 30.4 Å². The Labute approximate surface area is 113 Å². The Morgan fingerprint density at radius 1 is 1.33 bits per heavy atom. The van der Waals surface area contributed by atoms with Crippen molar-refractivity contribution in [2.75, 3.05) is 12.9 Å². The van der Waals surface area contributed by atoms with Gasteiger partial charge >= 0.3 is 0 Å². The minimum Gasteiger partial charge on any atom is -0.341 e. The van der Waals surface area contributed by atoms with E-state index in [0.717, 1.165) is 18.4 Å². The Morgan fingerprint density at radius 3 is 2.56 bits per heavy atom. The molecule has 0 spiro atoms. The number of carbonyl (C=O) groups excluding carboxylic acids is 1. The zero-order valence-electron chi connectivity index (χ0n) is 10.5. The van der Waals surface area contributed by atoms with Crippen LogP contribution in [-0.4, -0.2) is 23.7 Å². The van der Waals surface area contributed by atoms with Crippen molar-refractivity contribution in [1.29, 1.82) is 5.26 Å². The molecule has 0 heterocycles. The number of benzene rings is 1. The molecular weight excluding hydrogens is 248 g/mol. The summed E-state index contributed by atoms with van der Waals surface area (Å²) in [5.74, 6) is 0.733. The lowest BCUT2D eigenvalue weighted by Gasteiger charge is -2.17. The number of nitrogens with zero attached hydrogens (tertiary/aromatic N) is 2. The lowest BCUT2D eigenvalue weighted by atomic mass is 10.1. The maximum atomic E-state index is 11.8. The van der Waals surface area contributed by atoms with E-state index in [9.17, 15) is 4.79 Å². The number of hydrogen-bond acceptors (Lipinski definition) is 2. The van der Waals surface area contributed by atoms with E-state index in [1.165, 1.54) is 0 Å². The van der Waals surface area contributed by atoms with Gasteiger partial charge in [0.2, 0.25) is 5.91 Å². The first-order valence-corrected chi connectivity index (χ1v) is 6.50. The Morgan fingerprint density at radius 2 is 2.00 bits per heavy atom. The normalized spacial score (nSPS) is 9.83. The highest BCUT2D eigenvalue weighted by Crippen LogP contribution is 2.08. The molecule has 0 bridgehead atoms. The molecule has 1 aromatic rings. The number of carbonyl (C=O) groups is 1. The summed E-state index contributed by atoms with van der Waals surface area (Å²) in [5.41, 5.74) is 1.66. The molecule has 0 unspecified atom stereocenters. The maximum absolute atomic E-state index is 11.8. The second-order valence-corrected chi connectivity index (χ2v) is 4.58. The molecule has 0 aliphatic heterocycles. The van der Waals surface area contributed by atoms with Crippen molar-refractivity contribution in [3.63, 3.8) is 0 Å². The second kappa shape index (κ2) is 7.73. The molecule has 4 heteroatoms. The lowest BCUT2D eigenvalue weighted by Crippen LogP contribution is -2.25. The number of halogens is 1. The van der Waals surface area contributed by atoms with Crippen molar-refractivity contribution in [2.45, 2.75) is 25.8 Å². The minimum absolute atomic E-state index is 0.129. The highest BCUT2D eigenvalue weighted by Gasteiger charge is 2.08. The molecule has 0 fully saturated rings. The zero-order chi connectivity index (χ0) is 13.4. The summed E-state index contributed by atoms with van der Waals surface area (Å²) in [6, 6.07) is 9.35. The summed E-state index contributed by atoms with van der Waals surface area (Å²) >= 11 is 5.57. The van der Waals surface area contributed by atoms with Gasteiger partial charge < -0.3 is 4.90 Å². The number of hydrogen-bond donors (Lipinski definition) is 0. The molecule has 0 saturated carbocycles. The molecule has 0 N–H and O–H groups in total. The van der Waals surface area contributed by atoms with Gasteiger partial charge in [0, 0.05) is 25.9 Å². The molecule has 96 valence electrons. The first-order valence-electron chi connectivity index (χ1n) is 5.96. The molecule has 18 heavy (non-hydrogen) atoms. The number of nitriles is 1. The van der Waals surface area contributed by atoms with Gasteiger partial charge in [-0.05, 0) is 30.5 Å². The molecule has 0 atom stereocenters. The Bertz CT molecular complexity index is 422. The molecule has 1 amide bonds. The summed E-state index contributed by atoms with van der Waals surface area (Å²) in [7, 11) is 1.79. The third kappa shape index (κ3) is 4.77. The number of unbranched alkanes of at least 4 members (excludes halogenated alkanes) is 1. The molecular formula is C14H17ClN2O. The van der Waals surface area contributed by atoms with E-state index in [4.69, 9.17) is 16.9 Å². The fourth-order valence-electron chi connectivity index (χ4n) is 1.61. The van der Waals surface area contributed by atoms with Crippen LogP contribution < -0.4 is 0 Å². The Kier molecular flexibility index (Phi) is 6.24. The minimum atomic E-state index is 0.129. The number of amides is 1. The predicted molar refractivity (Wildman–Crippen MR) is 72.2 cm³/mol. The van der Waals surface area contributed by atoms with E-state index in [1.807, 2.05) is 12.1 Å². The van der Waals surface area contributed by atoms with Crippen molar-refractivity contribution in [1.82, 2.24) is 4.90 Å².